The average molecular weight is 722 g/mol. The molecule has 8 bridgehead atoms. The number of hydrogen-bond acceptors (Lipinski definition) is 2. The Kier molecular flexibility index (Phi) is 13.0. The van der Waals surface area contributed by atoms with E-state index < -0.39 is 0 Å². The Bertz CT molecular complexity index is 2270. The van der Waals surface area contributed by atoms with Crippen molar-refractivity contribution in [3.63, 3.8) is 0 Å². The van der Waals surface area contributed by atoms with Gasteiger partial charge in [-0.1, -0.05) is 133 Å². The van der Waals surface area contributed by atoms with Crippen LogP contribution < -0.4 is 24.5 Å². The Morgan fingerprint density at radius 3 is 1.47 bits per heavy atom. The van der Waals surface area contributed by atoms with E-state index in [9.17, 15) is 0 Å². The molecular formula is C48H55N3OS. The van der Waals surface area contributed by atoms with Crippen molar-refractivity contribution >= 4 is 34.6 Å². The van der Waals surface area contributed by atoms with E-state index in [2.05, 4.69) is 137 Å². The van der Waals surface area contributed by atoms with Gasteiger partial charge in [-0.3, -0.25) is 0 Å². The zero-order chi connectivity index (χ0) is 36.1. The van der Waals surface area contributed by atoms with Gasteiger partial charge in [0.2, 0.25) is 0 Å². The van der Waals surface area contributed by atoms with Gasteiger partial charge >= 0.3 is 0 Å². The van der Waals surface area contributed by atoms with Gasteiger partial charge in [0, 0.05) is 53.7 Å². The third-order valence-electron chi connectivity index (χ3n) is 10.4. The molecule has 6 aromatic rings. The summed E-state index contributed by atoms with van der Waals surface area (Å²) in [6.07, 6.45) is 23.4. The maximum absolute atomic E-state index is 6.23. The second kappa shape index (κ2) is 18.8. The monoisotopic (exact) mass is 721 g/mol. The quantitative estimate of drug-likeness (QED) is 0.0760. The standard InChI is InChI=1S/C48H55N3OS/c1-2-3-4-5-6-7-8-9-10-11-12-13-14-18-33-52-42-27-21-37(22-28-42)48-44-30-26-41(51-44)35-39-24-23-38(49-39)34-40-25-29-43(50-40)47(36-19-16-15-17-20-36)45-31-32-46(48)53-45/h15-17,19-32,34-35,49-51H,2-14,18,33H2,1H3. The molecule has 7 rings (SSSR count). The topological polar surface area (TPSA) is 56.6 Å². The number of hydrogen-bond donors (Lipinski definition) is 3. The molecule has 4 aromatic heterocycles. The fourth-order valence-electron chi connectivity index (χ4n) is 7.49. The molecule has 1 aliphatic rings. The first-order chi connectivity index (χ1) is 26.2. The number of aromatic nitrogens is 3. The molecule has 4 nitrogen and oxygen atoms in total. The Morgan fingerprint density at radius 2 is 0.943 bits per heavy atom. The van der Waals surface area contributed by atoms with Crippen molar-refractivity contribution < 1.29 is 4.74 Å². The van der Waals surface area contributed by atoms with Crippen molar-refractivity contribution in [2.45, 2.75) is 96.8 Å². The van der Waals surface area contributed by atoms with Crippen molar-refractivity contribution in [2.24, 2.45) is 0 Å². The van der Waals surface area contributed by atoms with Gasteiger partial charge in [0.1, 0.15) is 5.75 Å². The highest BCUT2D eigenvalue weighted by atomic mass is 32.1. The molecular weight excluding hydrogens is 667 g/mol. The number of nitrogens with one attached hydrogen (secondary N) is 3. The number of benzene rings is 2. The number of fused-ring (bicyclic) bond motifs is 8. The van der Waals surface area contributed by atoms with Gasteiger partial charge in [-0.05, 0) is 90.4 Å². The molecule has 274 valence electrons. The van der Waals surface area contributed by atoms with Crippen LogP contribution in [0.5, 0.6) is 5.75 Å². The molecule has 0 amide bonds. The fourth-order valence-corrected chi connectivity index (χ4v) is 8.66. The minimum absolute atomic E-state index is 0.773. The fraction of sp³-hybridized carbons (Fsp3) is 0.333. The number of rotatable bonds is 18. The molecule has 0 radical (unpaired) electrons. The molecule has 0 spiro atoms. The van der Waals surface area contributed by atoms with Gasteiger partial charge in [0.25, 0.3) is 0 Å². The van der Waals surface area contributed by atoms with Crippen molar-refractivity contribution in [1.82, 2.24) is 15.0 Å². The SMILES string of the molecule is CCCCCCCCCCCCCCCCOc1ccc(C2=c3ccc(s3)=C(c3ccccc3)c3ccc([nH]3)C=c3ccc([nH]3)=Cc3ccc2[nH]3)cc1. The largest absolute Gasteiger partial charge is 0.494 e. The Balaban J connectivity index is 1.05. The lowest BCUT2D eigenvalue weighted by atomic mass is 10.0. The zero-order valence-electron chi connectivity index (χ0n) is 31.4. The first-order valence-corrected chi connectivity index (χ1v) is 21.0. The van der Waals surface area contributed by atoms with Crippen LogP contribution in [-0.4, -0.2) is 21.6 Å². The summed E-state index contributed by atoms with van der Waals surface area (Å²) >= 11 is 1.83. The van der Waals surface area contributed by atoms with Gasteiger partial charge in [0.15, 0.2) is 0 Å². The maximum Gasteiger partial charge on any atom is 0.119 e. The first-order valence-electron chi connectivity index (χ1n) is 20.1. The van der Waals surface area contributed by atoms with Gasteiger partial charge in [0.05, 0.1) is 6.61 Å². The third kappa shape index (κ3) is 10.0. The highest BCUT2D eigenvalue weighted by Crippen LogP contribution is 2.25. The second-order valence-electron chi connectivity index (χ2n) is 14.6. The Labute approximate surface area is 319 Å². The van der Waals surface area contributed by atoms with Gasteiger partial charge in [-0.25, -0.2) is 0 Å². The van der Waals surface area contributed by atoms with Crippen LogP contribution in [-0.2, 0) is 0 Å². The highest BCUT2D eigenvalue weighted by molar-refractivity contribution is 7.08. The summed E-state index contributed by atoms with van der Waals surface area (Å²) in [5.74, 6) is 0.936. The number of aromatic amines is 3. The lowest BCUT2D eigenvalue weighted by Crippen LogP contribution is -2.10. The third-order valence-corrected chi connectivity index (χ3v) is 11.5. The highest BCUT2D eigenvalue weighted by Gasteiger charge is 2.14. The number of H-pyrrole nitrogens is 3. The van der Waals surface area contributed by atoms with E-state index in [1.807, 2.05) is 11.3 Å². The smallest absolute Gasteiger partial charge is 0.119 e. The van der Waals surface area contributed by atoms with Crippen LogP contribution in [0.3, 0.4) is 0 Å². The van der Waals surface area contributed by atoms with Gasteiger partial charge < -0.3 is 19.7 Å². The molecule has 0 fully saturated rings. The average Bonchev–Trinajstić information content (AvgIpc) is 4.02. The minimum Gasteiger partial charge on any atom is -0.494 e. The lowest BCUT2D eigenvalue weighted by molar-refractivity contribution is 0.304. The molecule has 1 aliphatic heterocycles. The van der Waals surface area contributed by atoms with Gasteiger partial charge in [-0.15, -0.1) is 11.3 Å². The van der Waals surface area contributed by atoms with E-state index in [0.717, 1.165) is 57.8 Å². The summed E-state index contributed by atoms with van der Waals surface area (Å²) in [6, 6.07) is 36.9. The van der Waals surface area contributed by atoms with Crippen LogP contribution in [0.25, 0.3) is 23.3 Å². The van der Waals surface area contributed by atoms with Crippen molar-refractivity contribution in [2.75, 3.05) is 6.61 Å². The summed E-state index contributed by atoms with van der Waals surface area (Å²) in [7, 11) is 0. The van der Waals surface area contributed by atoms with Crippen LogP contribution >= 0.6 is 11.3 Å². The molecule has 0 unspecified atom stereocenters. The van der Waals surface area contributed by atoms with Crippen molar-refractivity contribution in [1.29, 1.82) is 0 Å². The number of unbranched alkanes of at least 4 members (excludes halogenated alkanes) is 13. The molecule has 0 atom stereocenters. The second-order valence-corrected chi connectivity index (χ2v) is 15.6. The Morgan fingerprint density at radius 1 is 0.453 bits per heavy atom. The zero-order valence-corrected chi connectivity index (χ0v) is 32.2. The van der Waals surface area contributed by atoms with Gasteiger partial charge in [-0.2, -0.15) is 0 Å². The van der Waals surface area contributed by atoms with E-state index in [0.29, 0.717) is 0 Å². The molecule has 5 heteroatoms. The van der Waals surface area contributed by atoms with Crippen LogP contribution in [0.1, 0.15) is 131 Å². The molecule has 0 saturated heterocycles. The molecule has 0 saturated carbocycles. The van der Waals surface area contributed by atoms with Crippen LogP contribution in [0.2, 0.25) is 0 Å². The minimum atomic E-state index is 0.773. The molecule has 2 aromatic carbocycles. The summed E-state index contributed by atoms with van der Waals surface area (Å²) in [5.41, 5.74) is 9.06. The van der Waals surface area contributed by atoms with Crippen molar-refractivity contribution in [3.8, 4) is 5.75 Å². The molecule has 0 aliphatic carbocycles. The van der Waals surface area contributed by atoms with Crippen LogP contribution in [0.15, 0.2) is 103 Å². The first kappa shape index (κ1) is 36.6. The van der Waals surface area contributed by atoms with Crippen LogP contribution in [0, 0.1) is 0 Å². The molecule has 53 heavy (non-hydrogen) atoms. The molecule has 3 N–H and O–H groups in total. The summed E-state index contributed by atoms with van der Waals surface area (Å²) in [6.45, 7) is 3.07. The maximum atomic E-state index is 6.23. The number of thiophene rings is 1. The summed E-state index contributed by atoms with van der Waals surface area (Å²) in [4.78, 5) is 11.0. The van der Waals surface area contributed by atoms with Crippen LogP contribution in [0.4, 0.5) is 0 Å². The number of ether oxygens (including phenoxy) is 1. The van der Waals surface area contributed by atoms with E-state index in [1.54, 1.807) is 0 Å². The summed E-state index contributed by atoms with van der Waals surface area (Å²) < 4.78 is 8.66. The lowest BCUT2D eigenvalue weighted by Gasteiger charge is -2.09. The van der Waals surface area contributed by atoms with Crippen molar-refractivity contribution in [3.05, 3.63) is 157 Å². The predicted molar refractivity (Wildman–Crippen MR) is 224 cm³/mol. The summed E-state index contributed by atoms with van der Waals surface area (Å²) in [5, 5.41) is 2.11. The van der Waals surface area contributed by atoms with E-state index in [-0.39, 0.29) is 0 Å². The van der Waals surface area contributed by atoms with E-state index in [1.165, 1.54) is 109 Å². The molecule has 5 heterocycles. The predicted octanol–water partition coefficient (Wildman–Crippen LogP) is 10.1. The normalized spacial score (nSPS) is 12.5. The van der Waals surface area contributed by atoms with E-state index >= 15 is 0 Å². The van der Waals surface area contributed by atoms with E-state index in [4.69, 9.17) is 4.74 Å². The Hall–Kier alpha value is -4.74.